The summed E-state index contributed by atoms with van der Waals surface area (Å²) in [5.74, 6) is 0.220. The molecule has 0 aromatic heterocycles. The van der Waals surface area contributed by atoms with Crippen LogP contribution in [0.25, 0.3) is 0 Å². The van der Waals surface area contributed by atoms with Crippen LogP contribution in [0.15, 0.2) is 12.1 Å². The van der Waals surface area contributed by atoms with Crippen LogP contribution < -0.4 is 0 Å². The van der Waals surface area contributed by atoms with Crippen LogP contribution in [-0.2, 0) is 25.8 Å². The second-order valence-electron chi connectivity index (χ2n) is 9.55. The molecule has 1 aromatic rings. The molecule has 0 heterocycles. The fourth-order valence-electron chi connectivity index (χ4n) is 4.02. The molecule has 3 nitrogen and oxygen atoms in total. The zero-order valence-corrected chi connectivity index (χ0v) is 17.0. The number of rotatable bonds is 2. The standard InChI is InChI=1S/C22H34O3/c1-20(2,3)16-13-15(14-17(18(16)23)21(4,5)6)22(19(24)25-7)11-9-8-10-12-22/h13-14,23H,8-12H2,1-7H3. The van der Waals surface area contributed by atoms with Gasteiger partial charge in [0.25, 0.3) is 0 Å². The molecule has 0 spiro atoms. The van der Waals surface area contributed by atoms with Crippen LogP contribution in [0, 0.1) is 0 Å². The Hall–Kier alpha value is -1.51. The first kappa shape index (κ1) is 19.8. The van der Waals surface area contributed by atoms with Gasteiger partial charge in [-0.25, -0.2) is 0 Å². The topological polar surface area (TPSA) is 46.5 Å². The summed E-state index contributed by atoms with van der Waals surface area (Å²) in [5.41, 5.74) is 1.83. The third-order valence-electron chi connectivity index (χ3n) is 5.56. The van der Waals surface area contributed by atoms with Crippen molar-refractivity contribution in [2.75, 3.05) is 7.11 Å². The largest absolute Gasteiger partial charge is 0.507 e. The van der Waals surface area contributed by atoms with E-state index in [9.17, 15) is 9.90 Å². The van der Waals surface area contributed by atoms with Crippen molar-refractivity contribution in [2.24, 2.45) is 0 Å². The third-order valence-corrected chi connectivity index (χ3v) is 5.56. The van der Waals surface area contributed by atoms with E-state index in [1.165, 1.54) is 7.11 Å². The van der Waals surface area contributed by atoms with Crippen molar-refractivity contribution in [3.8, 4) is 5.75 Å². The fourth-order valence-corrected chi connectivity index (χ4v) is 4.02. The Morgan fingerprint density at radius 1 is 0.960 bits per heavy atom. The number of benzene rings is 1. The minimum absolute atomic E-state index is 0.141. The van der Waals surface area contributed by atoms with E-state index in [4.69, 9.17) is 4.74 Å². The predicted octanol–water partition coefficient (Wildman–Crippen LogP) is 5.36. The average Bonchev–Trinajstić information content (AvgIpc) is 2.52. The van der Waals surface area contributed by atoms with Crippen molar-refractivity contribution in [2.45, 2.75) is 89.9 Å². The number of phenols is 1. The smallest absolute Gasteiger partial charge is 0.316 e. The Morgan fingerprint density at radius 3 is 1.76 bits per heavy atom. The van der Waals surface area contributed by atoms with E-state index in [1.807, 2.05) is 12.1 Å². The summed E-state index contributed by atoms with van der Waals surface area (Å²) in [5, 5.41) is 10.9. The molecule has 1 fully saturated rings. The zero-order chi connectivity index (χ0) is 19.0. The number of carbonyl (C=O) groups excluding carboxylic acids is 1. The number of hydrogen-bond donors (Lipinski definition) is 1. The SMILES string of the molecule is COC(=O)C1(c2cc(C(C)(C)C)c(O)c(C(C)(C)C)c2)CCCCC1. The monoisotopic (exact) mass is 346 g/mol. The molecular formula is C22H34O3. The van der Waals surface area contributed by atoms with Gasteiger partial charge in [-0.05, 0) is 40.4 Å². The molecular weight excluding hydrogens is 312 g/mol. The molecule has 1 aliphatic rings. The number of ether oxygens (including phenoxy) is 1. The van der Waals surface area contributed by atoms with Gasteiger partial charge in [-0.15, -0.1) is 0 Å². The van der Waals surface area contributed by atoms with Gasteiger partial charge in [-0.1, -0.05) is 72.9 Å². The number of hydrogen-bond acceptors (Lipinski definition) is 3. The summed E-state index contributed by atoms with van der Waals surface area (Å²) >= 11 is 0. The summed E-state index contributed by atoms with van der Waals surface area (Å²) in [6.45, 7) is 12.6. The molecule has 0 saturated heterocycles. The molecule has 140 valence electrons. The summed E-state index contributed by atoms with van der Waals surface area (Å²) in [4.78, 5) is 12.8. The first-order chi connectivity index (χ1) is 11.4. The predicted molar refractivity (Wildman–Crippen MR) is 102 cm³/mol. The van der Waals surface area contributed by atoms with Crippen molar-refractivity contribution in [3.05, 3.63) is 28.8 Å². The van der Waals surface area contributed by atoms with Gasteiger partial charge in [0.2, 0.25) is 0 Å². The molecule has 0 atom stereocenters. The molecule has 0 amide bonds. The lowest BCUT2D eigenvalue weighted by Gasteiger charge is -2.37. The van der Waals surface area contributed by atoms with Crippen molar-refractivity contribution in [1.82, 2.24) is 0 Å². The minimum Gasteiger partial charge on any atom is -0.507 e. The Balaban J connectivity index is 2.77. The van der Waals surface area contributed by atoms with E-state index in [0.29, 0.717) is 5.75 Å². The Morgan fingerprint density at radius 2 is 1.40 bits per heavy atom. The number of phenolic OH excluding ortho intramolecular Hbond substituents is 1. The molecule has 1 aliphatic carbocycles. The maximum Gasteiger partial charge on any atom is 0.316 e. The summed E-state index contributed by atoms with van der Waals surface area (Å²) in [6.07, 6.45) is 4.86. The van der Waals surface area contributed by atoms with Gasteiger partial charge in [-0.2, -0.15) is 0 Å². The van der Waals surface area contributed by atoms with Crippen molar-refractivity contribution in [3.63, 3.8) is 0 Å². The molecule has 0 bridgehead atoms. The van der Waals surface area contributed by atoms with Crippen LogP contribution >= 0.6 is 0 Å². The van der Waals surface area contributed by atoms with Crippen molar-refractivity contribution in [1.29, 1.82) is 0 Å². The molecule has 3 heteroatoms. The highest BCUT2D eigenvalue weighted by molar-refractivity contribution is 5.83. The lowest BCUT2D eigenvalue weighted by molar-refractivity contribution is -0.149. The van der Waals surface area contributed by atoms with Crippen LogP contribution in [0.4, 0.5) is 0 Å². The highest BCUT2D eigenvalue weighted by atomic mass is 16.5. The maximum absolute atomic E-state index is 12.8. The van der Waals surface area contributed by atoms with E-state index >= 15 is 0 Å². The summed E-state index contributed by atoms with van der Waals surface area (Å²) < 4.78 is 5.23. The van der Waals surface area contributed by atoms with Crippen LogP contribution in [0.1, 0.15) is 90.3 Å². The van der Waals surface area contributed by atoms with Crippen LogP contribution in [0.3, 0.4) is 0 Å². The average molecular weight is 347 g/mol. The van der Waals surface area contributed by atoms with Gasteiger partial charge in [0, 0.05) is 0 Å². The maximum atomic E-state index is 12.8. The number of methoxy groups -OCH3 is 1. The Kier molecular flexibility index (Phi) is 5.28. The van der Waals surface area contributed by atoms with E-state index in [2.05, 4.69) is 41.5 Å². The molecule has 25 heavy (non-hydrogen) atoms. The molecule has 1 aromatic carbocycles. The van der Waals surface area contributed by atoms with Crippen LogP contribution in [-0.4, -0.2) is 18.2 Å². The van der Waals surface area contributed by atoms with Crippen molar-refractivity contribution >= 4 is 5.97 Å². The van der Waals surface area contributed by atoms with Gasteiger partial charge in [-0.3, -0.25) is 4.79 Å². The molecule has 1 N–H and O–H groups in total. The quantitative estimate of drug-likeness (QED) is 0.733. The molecule has 0 aliphatic heterocycles. The summed E-state index contributed by atoms with van der Waals surface area (Å²) in [6, 6.07) is 4.10. The number of esters is 1. The van der Waals surface area contributed by atoms with Gasteiger partial charge in [0.15, 0.2) is 0 Å². The molecule has 0 unspecified atom stereocenters. The zero-order valence-electron chi connectivity index (χ0n) is 17.0. The van der Waals surface area contributed by atoms with E-state index < -0.39 is 5.41 Å². The van der Waals surface area contributed by atoms with E-state index in [-0.39, 0.29) is 16.8 Å². The van der Waals surface area contributed by atoms with Gasteiger partial charge < -0.3 is 9.84 Å². The second kappa shape index (κ2) is 6.66. The van der Waals surface area contributed by atoms with E-state index in [0.717, 1.165) is 48.8 Å². The Bertz CT molecular complexity index is 603. The highest BCUT2D eigenvalue weighted by Gasteiger charge is 2.43. The molecule has 1 saturated carbocycles. The summed E-state index contributed by atoms with van der Waals surface area (Å²) in [7, 11) is 1.48. The molecule has 0 radical (unpaired) electrons. The number of aromatic hydroxyl groups is 1. The van der Waals surface area contributed by atoms with E-state index in [1.54, 1.807) is 0 Å². The highest BCUT2D eigenvalue weighted by Crippen LogP contribution is 2.46. The van der Waals surface area contributed by atoms with Gasteiger partial charge in [0.05, 0.1) is 12.5 Å². The first-order valence-electron chi connectivity index (χ1n) is 9.40. The molecule has 2 rings (SSSR count). The third kappa shape index (κ3) is 3.70. The lowest BCUT2D eigenvalue weighted by atomic mass is 9.66. The first-order valence-corrected chi connectivity index (χ1v) is 9.40. The van der Waals surface area contributed by atoms with Crippen LogP contribution in [0.5, 0.6) is 5.75 Å². The normalized spacial score (nSPS) is 18.0. The Labute approximate surface area is 152 Å². The second-order valence-corrected chi connectivity index (χ2v) is 9.55. The van der Waals surface area contributed by atoms with Gasteiger partial charge >= 0.3 is 5.97 Å². The van der Waals surface area contributed by atoms with Crippen LogP contribution in [0.2, 0.25) is 0 Å². The minimum atomic E-state index is -0.583. The fraction of sp³-hybridized carbons (Fsp3) is 0.682. The van der Waals surface area contributed by atoms with Crippen molar-refractivity contribution < 1.29 is 14.6 Å². The number of carbonyl (C=O) groups is 1. The van der Waals surface area contributed by atoms with Gasteiger partial charge in [0.1, 0.15) is 5.75 Å². The lowest BCUT2D eigenvalue weighted by Crippen LogP contribution is -2.39.